The van der Waals surface area contributed by atoms with E-state index in [0.717, 1.165) is 6.54 Å². The molecule has 1 aromatic rings. The second-order valence-electron chi connectivity index (χ2n) is 3.54. The molecule has 1 rings (SSSR count). The summed E-state index contributed by atoms with van der Waals surface area (Å²) in [5, 5.41) is 3.18. The zero-order chi connectivity index (χ0) is 9.68. The molecule has 2 heteroatoms. The lowest BCUT2D eigenvalue weighted by Crippen LogP contribution is -2.19. The zero-order valence-corrected chi connectivity index (χ0v) is 8.10. The van der Waals surface area contributed by atoms with E-state index in [1.165, 1.54) is 6.07 Å². The number of benzene rings is 1. The van der Waals surface area contributed by atoms with Crippen LogP contribution in [0.25, 0.3) is 0 Å². The van der Waals surface area contributed by atoms with Crippen molar-refractivity contribution < 1.29 is 4.39 Å². The maximum absolute atomic E-state index is 13.1. The number of hydrogen-bond donors (Lipinski definition) is 1. The van der Waals surface area contributed by atoms with Crippen molar-refractivity contribution in [2.24, 2.45) is 5.92 Å². The molecule has 0 aliphatic carbocycles. The van der Waals surface area contributed by atoms with Gasteiger partial charge in [0.15, 0.2) is 0 Å². The molecule has 0 amide bonds. The summed E-state index contributed by atoms with van der Waals surface area (Å²) in [6, 6.07) is 7.56. The Morgan fingerprint density at radius 1 is 1.54 bits per heavy atom. The molecule has 0 spiro atoms. The molecular formula is C11H15FN. The van der Waals surface area contributed by atoms with Gasteiger partial charge in [0.2, 0.25) is 0 Å². The van der Waals surface area contributed by atoms with Crippen molar-refractivity contribution in [3.8, 4) is 0 Å². The fourth-order valence-electron chi connectivity index (χ4n) is 1.08. The Bertz CT molecular complexity index is 258. The first-order valence-corrected chi connectivity index (χ1v) is 4.55. The number of hydrogen-bond acceptors (Lipinski definition) is 1. The van der Waals surface area contributed by atoms with Gasteiger partial charge in [-0.25, -0.2) is 4.39 Å². The molecule has 0 aliphatic heterocycles. The van der Waals surface area contributed by atoms with Crippen LogP contribution in [0.1, 0.15) is 19.4 Å². The van der Waals surface area contributed by atoms with Crippen LogP contribution < -0.4 is 5.32 Å². The maximum Gasteiger partial charge on any atom is 0.127 e. The van der Waals surface area contributed by atoms with Gasteiger partial charge in [-0.1, -0.05) is 19.9 Å². The fraction of sp³-hybridized carbons (Fsp3) is 0.455. The van der Waals surface area contributed by atoms with Crippen molar-refractivity contribution in [1.29, 1.82) is 0 Å². The monoisotopic (exact) mass is 180 g/mol. The van der Waals surface area contributed by atoms with E-state index in [9.17, 15) is 4.39 Å². The van der Waals surface area contributed by atoms with Crippen LogP contribution in [0.3, 0.4) is 0 Å². The predicted molar refractivity (Wildman–Crippen MR) is 51.8 cm³/mol. The molecule has 71 valence electrons. The average Bonchev–Trinajstić information content (AvgIpc) is 2.08. The standard InChI is InChI=1S/C11H15FN/c1-9(2)7-13-8-10-5-3-4-6-11(10)12/h4-6,9,13H,7-8H2,1-2H3. The van der Waals surface area contributed by atoms with Gasteiger partial charge < -0.3 is 5.32 Å². The highest BCUT2D eigenvalue weighted by molar-refractivity contribution is 5.15. The van der Waals surface area contributed by atoms with Crippen LogP contribution in [0.2, 0.25) is 0 Å². The molecule has 0 saturated carbocycles. The molecule has 0 unspecified atom stereocenters. The molecule has 1 N–H and O–H groups in total. The van der Waals surface area contributed by atoms with Crippen LogP contribution in [-0.4, -0.2) is 6.54 Å². The Balaban J connectivity index is 2.41. The van der Waals surface area contributed by atoms with E-state index in [2.05, 4.69) is 25.2 Å². The van der Waals surface area contributed by atoms with Crippen LogP contribution in [0.4, 0.5) is 4.39 Å². The largest absolute Gasteiger partial charge is 0.312 e. The van der Waals surface area contributed by atoms with Gasteiger partial charge in [-0.3, -0.25) is 0 Å². The lowest BCUT2D eigenvalue weighted by atomic mass is 10.2. The molecular weight excluding hydrogens is 165 g/mol. The minimum absolute atomic E-state index is 0.157. The van der Waals surface area contributed by atoms with Gasteiger partial charge in [-0.15, -0.1) is 0 Å². The zero-order valence-electron chi connectivity index (χ0n) is 8.10. The van der Waals surface area contributed by atoms with Crippen LogP contribution in [0, 0.1) is 17.8 Å². The highest BCUT2D eigenvalue weighted by Crippen LogP contribution is 2.05. The van der Waals surface area contributed by atoms with Gasteiger partial charge in [-0.05, 0) is 30.7 Å². The highest BCUT2D eigenvalue weighted by Gasteiger charge is 1.99. The molecule has 0 fully saturated rings. The summed E-state index contributed by atoms with van der Waals surface area (Å²) < 4.78 is 13.1. The third-order valence-electron chi connectivity index (χ3n) is 1.76. The lowest BCUT2D eigenvalue weighted by molar-refractivity contribution is 0.535. The molecule has 13 heavy (non-hydrogen) atoms. The molecule has 0 aromatic heterocycles. The van der Waals surface area contributed by atoms with E-state index in [1.807, 2.05) is 0 Å². The number of halogens is 1. The van der Waals surface area contributed by atoms with Crippen molar-refractivity contribution in [3.63, 3.8) is 0 Å². The van der Waals surface area contributed by atoms with E-state index in [1.54, 1.807) is 12.1 Å². The molecule has 1 radical (unpaired) electrons. The normalized spacial score (nSPS) is 10.8. The summed E-state index contributed by atoms with van der Waals surface area (Å²) in [5.74, 6) is 0.436. The molecule has 0 aliphatic rings. The number of nitrogens with one attached hydrogen (secondary N) is 1. The molecule has 1 aromatic carbocycles. The highest BCUT2D eigenvalue weighted by atomic mass is 19.1. The average molecular weight is 180 g/mol. The quantitative estimate of drug-likeness (QED) is 0.750. The van der Waals surface area contributed by atoms with Crippen LogP contribution in [0.15, 0.2) is 18.2 Å². The van der Waals surface area contributed by atoms with Gasteiger partial charge in [0.25, 0.3) is 0 Å². The molecule has 0 saturated heterocycles. The topological polar surface area (TPSA) is 12.0 Å². The maximum atomic E-state index is 13.1. The lowest BCUT2D eigenvalue weighted by Gasteiger charge is -2.07. The van der Waals surface area contributed by atoms with Crippen molar-refractivity contribution in [3.05, 3.63) is 35.6 Å². The smallest absolute Gasteiger partial charge is 0.127 e. The van der Waals surface area contributed by atoms with Crippen molar-refractivity contribution in [1.82, 2.24) is 5.32 Å². The summed E-state index contributed by atoms with van der Waals surface area (Å²) in [5.41, 5.74) is 0.683. The van der Waals surface area contributed by atoms with E-state index < -0.39 is 0 Å². The van der Waals surface area contributed by atoms with E-state index in [4.69, 9.17) is 0 Å². The first-order valence-electron chi connectivity index (χ1n) is 4.55. The minimum atomic E-state index is -0.157. The van der Waals surface area contributed by atoms with Gasteiger partial charge in [0.1, 0.15) is 5.82 Å². The van der Waals surface area contributed by atoms with Gasteiger partial charge >= 0.3 is 0 Å². The van der Waals surface area contributed by atoms with Crippen molar-refractivity contribution in [2.75, 3.05) is 6.54 Å². The third-order valence-corrected chi connectivity index (χ3v) is 1.76. The molecule has 1 nitrogen and oxygen atoms in total. The Hall–Kier alpha value is -0.890. The van der Waals surface area contributed by atoms with Crippen LogP contribution in [0.5, 0.6) is 0 Å². The summed E-state index contributed by atoms with van der Waals surface area (Å²) in [6.45, 7) is 5.75. The van der Waals surface area contributed by atoms with Crippen molar-refractivity contribution >= 4 is 0 Å². The first kappa shape index (κ1) is 10.2. The second kappa shape index (κ2) is 4.97. The number of rotatable bonds is 4. The molecule has 0 atom stereocenters. The summed E-state index contributed by atoms with van der Waals surface area (Å²) in [4.78, 5) is 0. The second-order valence-corrected chi connectivity index (χ2v) is 3.54. The Labute approximate surface area is 79.0 Å². The van der Waals surface area contributed by atoms with E-state index in [0.29, 0.717) is 18.0 Å². The van der Waals surface area contributed by atoms with E-state index in [-0.39, 0.29) is 5.82 Å². The molecule has 0 bridgehead atoms. The Kier molecular flexibility index (Phi) is 3.90. The van der Waals surface area contributed by atoms with E-state index >= 15 is 0 Å². The molecule has 0 heterocycles. The Morgan fingerprint density at radius 2 is 2.31 bits per heavy atom. The van der Waals surface area contributed by atoms with Gasteiger partial charge in [-0.2, -0.15) is 0 Å². The van der Waals surface area contributed by atoms with Crippen LogP contribution in [-0.2, 0) is 6.54 Å². The fourth-order valence-corrected chi connectivity index (χ4v) is 1.08. The van der Waals surface area contributed by atoms with Gasteiger partial charge in [0, 0.05) is 12.1 Å². The van der Waals surface area contributed by atoms with Crippen molar-refractivity contribution in [2.45, 2.75) is 20.4 Å². The minimum Gasteiger partial charge on any atom is -0.312 e. The van der Waals surface area contributed by atoms with Crippen LogP contribution >= 0.6 is 0 Å². The summed E-state index contributed by atoms with van der Waals surface area (Å²) >= 11 is 0. The summed E-state index contributed by atoms with van der Waals surface area (Å²) in [7, 11) is 0. The first-order chi connectivity index (χ1) is 6.20. The van der Waals surface area contributed by atoms with Gasteiger partial charge in [0.05, 0.1) is 0 Å². The predicted octanol–water partition coefficient (Wildman–Crippen LogP) is 2.37. The summed E-state index contributed by atoms with van der Waals surface area (Å²) in [6.07, 6.45) is 0. The third kappa shape index (κ3) is 3.55. The SMILES string of the molecule is CC(C)CNCc1c[c]ccc1F. The Morgan fingerprint density at radius 3 is 2.92 bits per heavy atom.